The summed E-state index contributed by atoms with van der Waals surface area (Å²) in [6, 6.07) is 0. The maximum Gasteiger partial charge on any atom is 1.00 e. The molecule has 0 aromatic heterocycles. The van der Waals surface area contributed by atoms with Crippen LogP contribution in [-0.4, -0.2) is 12.7 Å². The molecule has 0 atom stereocenters. The Balaban J connectivity index is 0.00000112. The minimum absolute atomic E-state index is 0. The Labute approximate surface area is 107 Å². The molecular weight excluding hydrogens is 179 g/mol. The predicted molar refractivity (Wildman–Crippen MR) is 59.1 cm³/mol. The van der Waals surface area contributed by atoms with Crippen molar-refractivity contribution in [1.29, 1.82) is 0 Å². The standard InChI is InChI=1S/C13H23O.Li/c1-3-7-12(8-4-1)11-14-13-9-5-2-6-10-13;/h2,12-13H,1,3-11H2;/q-1;+1. The first-order chi connectivity index (χ1) is 6.95. The molecule has 0 aromatic carbocycles. The Kier molecular flexibility index (Phi) is 7.06. The summed E-state index contributed by atoms with van der Waals surface area (Å²) in [6.45, 7) is 1.05. The van der Waals surface area contributed by atoms with Crippen molar-refractivity contribution in [1.82, 2.24) is 0 Å². The molecule has 0 N–H and O–H groups in total. The van der Waals surface area contributed by atoms with Crippen molar-refractivity contribution in [2.24, 2.45) is 5.92 Å². The SMILES string of the molecule is [CH-]1CCC(OCC2CCCCC2)CC1.[Li+]. The molecule has 15 heavy (non-hydrogen) atoms. The van der Waals surface area contributed by atoms with Gasteiger partial charge in [0.15, 0.2) is 0 Å². The van der Waals surface area contributed by atoms with Crippen LogP contribution in [0.2, 0.25) is 0 Å². The van der Waals surface area contributed by atoms with E-state index in [-0.39, 0.29) is 18.9 Å². The fourth-order valence-electron chi connectivity index (χ4n) is 2.69. The third-order valence-corrected chi connectivity index (χ3v) is 3.68. The first-order valence-electron chi connectivity index (χ1n) is 6.38. The average Bonchev–Trinajstić information content (AvgIpc) is 2.29. The van der Waals surface area contributed by atoms with Crippen LogP contribution in [0.25, 0.3) is 0 Å². The largest absolute Gasteiger partial charge is 1.00 e. The van der Waals surface area contributed by atoms with E-state index in [1.54, 1.807) is 0 Å². The van der Waals surface area contributed by atoms with E-state index < -0.39 is 0 Å². The Bertz CT molecular complexity index is 131. The van der Waals surface area contributed by atoms with Gasteiger partial charge in [0.2, 0.25) is 0 Å². The van der Waals surface area contributed by atoms with Gasteiger partial charge in [0.05, 0.1) is 6.10 Å². The summed E-state index contributed by atoms with van der Waals surface area (Å²) in [6.07, 6.45) is 15.2. The van der Waals surface area contributed by atoms with Crippen LogP contribution in [-0.2, 0) is 4.74 Å². The van der Waals surface area contributed by atoms with Crippen LogP contribution in [0.3, 0.4) is 0 Å². The zero-order valence-corrected chi connectivity index (χ0v) is 10.2. The van der Waals surface area contributed by atoms with E-state index in [0.29, 0.717) is 6.10 Å². The molecular formula is C13H23LiO. The Morgan fingerprint density at radius 1 is 0.933 bits per heavy atom. The average molecular weight is 202 g/mol. The molecule has 2 aliphatic carbocycles. The first kappa shape index (κ1) is 13.6. The van der Waals surface area contributed by atoms with Gasteiger partial charge in [-0.15, -0.1) is 0 Å². The maximum atomic E-state index is 6.00. The molecule has 0 radical (unpaired) electrons. The Morgan fingerprint density at radius 2 is 1.60 bits per heavy atom. The molecule has 0 heterocycles. The van der Waals surface area contributed by atoms with Crippen LogP contribution in [0.15, 0.2) is 0 Å². The summed E-state index contributed by atoms with van der Waals surface area (Å²) in [5, 5.41) is 0. The molecule has 2 heteroatoms. The molecule has 0 unspecified atom stereocenters. The quantitative estimate of drug-likeness (QED) is 0.484. The topological polar surface area (TPSA) is 9.23 Å². The number of rotatable bonds is 3. The second-order valence-corrected chi connectivity index (χ2v) is 4.90. The van der Waals surface area contributed by atoms with Crippen molar-refractivity contribution in [3.63, 3.8) is 0 Å². The van der Waals surface area contributed by atoms with E-state index in [0.717, 1.165) is 12.5 Å². The van der Waals surface area contributed by atoms with E-state index in [1.807, 2.05) is 0 Å². The van der Waals surface area contributed by atoms with Gasteiger partial charge in [-0.3, -0.25) is 0 Å². The fourth-order valence-corrected chi connectivity index (χ4v) is 2.69. The van der Waals surface area contributed by atoms with E-state index >= 15 is 0 Å². The molecule has 2 aliphatic rings. The Morgan fingerprint density at radius 3 is 2.27 bits per heavy atom. The van der Waals surface area contributed by atoms with Crippen LogP contribution < -0.4 is 18.9 Å². The van der Waals surface area contributed by atoms with Crippen molar-refractivity contribution in [2.75, 3.05) is 6.61 Å². The summed E-state index contributed by atoms with van der Waals surface area (Å²) >= 11 is 0. The molecule has 0 spiro atoms. The molecule has 0 amide bonds. The minimum Gasteiger partial charge on any atom is -0.378 e. The van der Waals surface area contributed by atoms with Gasteiger partial charge in [0.25, 0.3) is 0 Å². The zero-order chi connectivity index (χ0) is 9.64. The Hall–Kier alpha value is 0.557. The summed E-state index contributed by atoms with van der Waals surface area (Å²) in [4.78, 5) is 0. The van der Waals surface area contributed by atoms with Gasteiger partial charge >= 0.3 is 18.9 Å². The molecule has 2 rings (SSSR count). The van der Waals surface area contributed by atoms with Gasteiger partial charge in [-0.25, -0.2) is 0 Å². The molecule has 1 nitrogen and oxygen atoms in total. The van der Waals surface area contributed by atoms with E-state index in [9.17, 15) is 0 Å². The van der Waals surface area contributed by atoms with E-state index in [4.69, 9.17) is 4.74 Å². The van der Waals surface area contributed by atoms with E-state index in [2.05, 4.69) is 6.42 Å². The van der Waals surface area contributed by atoms with Crippen LogP contribution in [0.1, 0.15) is 57.8 Å². The van der Waals surface area contributed by atoms with Crippen LogP contribution in [0.5, 0.6) is 0 Å². The van der Waals surface area contributed by atoms with Crippen molar-refractivity contribution in [3.05, 3.63) is 6.42 Å². The summed E-state index contributed by atoms with van der Waals surface area (Å²) in [5.41, 5.74) is 0. The minimum atomic E-state index is 0. The van der Waals surface area contributed by atoms with Gasteiger partial charge in [-0.2, -0.15) is 12.8 Å². The van der Waals surface area contributed by atoms with Crippen LogP contribution in [0.4, 0.5) is 0 Å². The molecule has 2 saturated carbocycles. The van der Waals surface area contributed by atoms with Crippen LogP contribution in [0, 0.1) is 12.3 Å². The van der Waals surface area contributed by atoms with Gasteiger partial charge in [0.1, 0.15) is 0 Å². The van der Waals surface area contributed by atoms with Crippen molar-refractivity contribution < 1.29 is 23.6 Å². The summed E-state index contributed by atoms with van der Waals surface area (Å²) in [7, 11) is 0. The van der Waals surface area contributed by atoms with Gasteiger partial charge in [-0.1, -0.05) is 32.1 Å². The molecule has 0 aliphatic heterocycles. The molecule has 0 aromatic rings. The third-order valence-electron chi connectivity index (χ3n) is 3.68. The summed E-state index contributed by atoms with van der Waals surface area (Å²) < 4.78 is 6.00. The monoisotopic (exact) mass is 202 g/mol. The normalized spacial score (nSPS) is 24.8. The molecule has 82 valence electrons. The molecule has 2 fully saturated rings. The second kappa shape index (κ2) is 7.77. The molecule has 0 saturated heterocycles. The van der Waals surface area contributed by atoms with Gasteiger partial charge < -0.3 is 11.2 Å². The maximum absolute atomic E-state index is 6.00. The van der Waals surface area contributed by atoms with Crippen molar-refractivity contribution in [2.45, 2.75) is 63.9 Å². The number of ether oxygens (including phenoxy) is 1. The van der Waals surface area contributed by atoms with Crippen molar-refractivity contribution >= 4 is 0 Å². The number of hydrogen-bond donors (Lipinski definition) is 0. The second-order valence-electron chi connectivity index (χ2n) is 4.90. The summed E-state index contributed by atoms with van der Waals surface area (Å²) in [5.74, 6) is 0.884. The van der Waals surface area contributed by atoms with Gasteiger partial charge in [0, 0.05) is 6.61 Å². The van der Waals surface area contributed by atoms with Gasteiger partial charge in [-0.05, 0) is 18.8 Å². The van der Waals surface area contributed by atoms with Crippen LogP contribution >= 0.6 is 0 Å². The third kappa shape index (κ3) is 4.94. The smallest absolute Gasteiger partial charge is 0.378 e. The first-order valence-corrected chi connectivity index (χ1v) is 6.38. The fraction of sp³-hybridized carbons (Fsp3) is 0.923. The zero-order valence-electron chi connectivity index (χ0n) is 10.2. The van der Waals surface area contributed by atoms with E-state index in [1.165, 1.54) is 57.8 Å². The van der Waals surface area contributed by atoms with Crippen molar-refractivity contribution in [3.8, 4) is 0 Å². The molecule has 0 bridgehead atoms. The number of hydrogen-bond acceptors (Lipinski definition) is 1. The predicted octanol–water partition coefficient (Wildman–Crippen LogP) is 0.734.